The summed E-state index contributed by atoms with van der Waals surface area (Å²) < 4.78 is 0. The smallest absolute Gasteiger partial charge is 0.123 e. The van der Waals surface area contributed by atoms with Crippen molar-refractivity contribution in [2.75, 3.05) is 0 Å². The fraction of sp³-hybridized carbons (Fsp3) is 0.471. The van der Waals surface area contributed by atoms with Crippen LogP contribution in [-0.4, -0.2) is 5.11 Å². The van der Waals surface area contributed by atoms with Crippen molar-refractivity contribution in [3.8, 4) is 28.0 Å². The van der Waals surface area contributed by atoms with Gasteiger partial charge in [0.25, 0.3) is 0 Å². The standard InChI is InChI=1S/C34H44O/c1-6-8-10-14-22-34(21-13-9-7-2)30-16-12-11-15-27(30)28-19-17-25(23-31(28)34)29-24-26(33(3,4)5)18-20-32(29)35/h11-12,15-20,23-24,35H,6-10,13-14,21-22H2,1-5H3. The number of phenolic OH excluding ortho intramolecular Hbond substituents is 1. The molecule has 35 heavy (non-hydrogen) atoms. The molecular weight excluding hydrogens is 424 g/mol. The summed E-state index contributed by atoms with van der Waals surface area (Å²) in [5.41, 5.74) is 9.25. The Kier molecular flexibility index (Phi) is 7.74. The molecule has 0 spiro atoms. The van der Waals surface area contributed by atoms with E-state index in [0.717, 1.165) is 11.1 Å². The minimum Gasteiger partial charge on any atom is -0.507 e. The zero-order chi connectivity index (χ0) is 25.1. The largest absolute Gasteiger partial charge is 0.507 e. The molecule has 0 heterocycles. The van der Waals surface area contributed by atoms with Crippen LogP contribution in [0, 0.1) is 0 Å². The highest BCUT2D eigenvalue weighted by atomic mass is 16.3. The number of fused-ring (bicyclic) bond motifs is 3. The molecular formula is C34H44O. The third kappa shape index (κ3) is 5.06. The highest BCUT2D eigenvalue weighted by molar-refractivity contribution is 5.84. The van der Waals surface area contributed by atoms with Gasteiger partial charge in [-0.2, -0.15) is 0 Å². The fourth-order valence-electron chi connectivity index (χ4n) is 6.05. The molecule has 0 radical (unpaired) electrons. The molecule has 0 bridgehead atoms. The average molecular weight is 469 g/mol. The summed E-state index contributed by atoms with van der Waals surface area (Å²) >= 11 is 0. The molecule has 3 aromatic rings. The Morgan fingerprint density at radius 3 is 2.03 bits per heavy atom. The van der Waals surface area contributed by atoms with E-state index in [-0.39, 0.29) is 10.8 Å². The lowest BCUT2D eigenvalue weighted by atomic mass is 9.70. The van der Waals surface area contributed by atoms with Gasteiger partial charge in [-0.1, -0.05) is 122 Å². The van der Waals surface area contributed by atoms with Crippen LogP contribution in [0.1, 0.15) is 109 Å². The topological polar surface area (TPSA) is 20.2 Å². The molecule has 0 saturated heterocycles. The van der Waals surface area contributed by atoms with Gasteiger partial charge >= 0.3 is 0 Å². The monoisotopic (exact) mass is 468 g/mol. The van der Waals surface area contributed by atoms with Gasteiger partial charge in [0, 0.05) is 11.0 Å². The first-order valence-electron chi connectivity index (χ1n) is 13.9. The maximum absolute atomic E-state index is 10.9. The van der Waals surface area contributed by atoms with Crippen molar-refractivity contribution >= 4 is 0 Å². The third-order valence-electron chi connectivity index (χ3n) is 8.11. The number of aromatic hydroxyl groups is 1. The van der Waals surface area contributed by atoms with Crippen LogP contribution in [0.5, 0.6) is 5.75 Å². The van der Waals surface area contributed by atoms with Gasteiger partial charge in [-0.15, -0.1) is 0 Å². The Morgan fingerprint density at radius 2 is 1.31 bits per heavy atom. The normalized spacial score (nSPS) is 16.8. The zero-order valence-corrected chi connectivity index (χ0v) is 22.6. The van der Waals surface area contributed by atoms with E-state index >= 15 is 0 Å². The number of benzene rings is 3. The van der Waals surface area contributed by atoms with E-state index in [1.54, 1.807) is 0 Å². The summed E-state index contributed by atoms with van der Waals surface area (Å²) in [7, 11) is 0. The highest BCUT2D eigenvalue weighted by Crippen LogP contribution is 2.55. The maximum atomic E-state index is 10.9. The summed E-state index contributed by atoms with van der Waals surface area (Å²) in [5, 5.41) is 10.9. The average Bonchev–Trinajstić information content (AvgIpc) is 3.11. The van der Waals surface area contributed by atoms with Crippen molar-refractivity contribution in [2.24, 2.45) is 0 Å². The van der Waals surface area contributed by atoms with Gasteiger partial charge in [0.15, 0.2) is 0 Å². The van der Waals surface area contributed by atoms with E-state index in [9.17, 15) is 5.11 Å². The Labute approximate surface area is 213 Å². The van der Waals surface area contributed by atoms with Crippen LogP contribution in [0.2, 0.25) is 0 Å². The summed E-state index contributed by atoms with van der Waals surface area (Å²) in [4.78, 5) is 0. The molecule has 3 aromatic carbocycles. The first-order chi connectivity index (χ1) is 16.8. The second-order valence-electron chi connectivity index (χ2n) is 11.6. The lowest BCUT2D eigenvalue weighted by molar-refractivity contribution is 0.403. The van der Waals surface area contributed by atoms with E-state index in [1.807, 2.05) is 6.07 Å². The summed E-state index contributed by atoms with van der Waals surface area (Å²) in [5.74, 6) is 0.369. The maximum Gasteiger partial charge on any atom is 0.123 e. The third-order valence-corrected chi connectivity index (χ3v) is 8.11. The predicted octanol–water partition coefficient (Wildman–Crippen LogP) is 10.2. The zero-order valence-electron chi connectivity index (χ0n) is 22.6. The van der Waals surface area contributed by atoms with Gasteiger partial charge in [-0.3, -0.25) is 0 Å². The molecule has 4 rings (SSSR count). The van der Waals surface area contributed by atoms with Crippen LogP contribution in [0.4, 0.5) is 0 Å². The van der Waals surface area contributed by atoms with Crippen molar-refractivity contribution < 1.29 is 5.11 Å². The molecule has 1 nitrogen and oxygen atoms in total. The van der Waals surface area contributed by atoms with E-state index in [4.69, 9.17) is 0 Å². The number of phenols is 1. The second-order valence-corrected chi connectivity index (χ2v) is 11.6. The lowest BCUT2D eigenvalue weighted by Gasteiger charge is -2.33. The number of rotatable bonds is 10. The van der Waals surface area contributed by atoms with Crippen LogP contribution in [-0.2, 0) is 10.8 Å². The predicted molar refractivity (Wildman–Crippen MR) is 151 cm³/mol. The van der Waals surface area contributed by atoms with Crippen LogP contribution in [0.15, 0.2) is 60.7 Å². The molecule has 0 amide bonds. The van der Waals surface area contributed by atoms with E-state index in [0.29, 0.717) is 5.75 Å². The Hall–Kier alpha value is -2.54. The van der Waals surface area contributed by atoms with Crippen molar-refractivity contribution in [2.45, 2.75) is 103 Å². The quantitative estimate of drug-likeness (QED) is 0.293. The second kappa shape index (κ2) is 10.6. The molecule has 1 aliphatic rings. The Morgan fingerprint density at radius 1 is 0.657 bits per heavy atom. The van der Waals surface area contributed by atoms with Gasteiger partial charge in [0.2, 0.25) is 0 Å². The molecule has 1 unspecified atom stereocenters. The highest BCUT2D eigenvalue weighted by Gasteiger charge is 2.42. The lowest BCUT2D eigenvalue weighted by Crippen LogP contribution is -2.25. The first-order valence-corrected chi connectivity index (χ1v) is 13.9. The van der Waals surface area contributed by atoms with E-state index in [2.05, 4.69) is 89.2 Å². The molecule has 0 aliphatic heterocycles. The number of unbranched alkanes of at least 4 members (excludes halogenated alkanes) is 5. The van der Waals surface area contributed by atoms with Crippen molar-refractivity contribution in [1.82, 2.24) is 0 Å². The minimum absolute atomic E-state index is 0.0403. The fourth-order valence-corrected chi connectivity index (χ4v) is 6.05. The Balaban J connectivity index is 1.85. The summed E-state index contributed by atoms with van der Waals surface area (Å²) in [6.45, 7) is 11.3. The summed E-state index contributed by atoms with van der Waals surface area (Å²) in [6.07, 6.45) is 11.3. The van der Waals surface area contributed by atoms with Crippen LogP contribution in [0.3, 0.4) is 0 Å². The minimum atomic E-state index is 0.0403. The van der Waals surface area contributed by atoms with Crippen molar-refractivity contribution in [1.29, 1.82) is 0 Å². The van der Waals surface area contributed by atoms with Crippen LogP contribution >= 0.6 is 0 Å². The Bertz CT molecular complexity index is 1150. The van der Waals surface area contributed by atoms with Gasteiger partial charge in [-0.05, 0) is 69.8 Å². The van der Waals surface area contributed by atoms with Crippen molar-refractivity contribution in [3.05, 3.63) is 77.4 Å². The molecule has 1 N–H and O–H groups in total. The molecule has 1 heteroatoms. The van der Waals surface area contributed by atoms with Crippen LogP contribution in [0.25, 0.3) is 22.3 Å². The molecule has 0 fully saturated rings. The summed E-state index contributed by atoms with van der Waals surface area (Å²) in [6, 6.07) is 22.2. The van der Waals surface area contributed by atoms with Crippen molar-refractivity contribution in [3.63, 3.8) is 0 Å². The van der Waals surface area contributed by atoms with Gasteiger partial charge in [0.1, 0.15) is 5.75 Å². The number of hydrogen-bond acceptors (Lipinski definition) is 1. The van der Waals surface area contributed by atoms with Crippen LogP contribution < -0.4 is 0 Å². The molecule has 186 valence electrons. The number of hydrogen-bond donors (Lipinski definition) is 1. The SMILES string of the molecule is CCCCCCC1(CCCCC)c2ccccc2-c2ccc(-c3cc(C(C)(C)C)ccc3O)cc21. The first kappa shape index (κ1) is 25.5. The van der Waals surface area contributed by atoms with Gasteiger partial charge in [-0.25, -0.2) is 0 Å². The molecule has 1 atom stereocenters. The molecule has 1 aliphatic carbocycles. The van der Waals surface area contributed by atoms with Gasteiger partial charge in [0.05, 0.1) is 0 Å². The van der Waals surface area contributed by atoms with Gasteiger partial charge < -0.3 is 5.11 Å². The molecule has 0 saturated carbocycles. The molecule has 0 aromatic heterocycles. The van der Waals surface area contributed by atoms with E-state index in [1.165, 1.54) is 85.6 Å². The van der Waals surface area contributed by atoms with E-state index < -0.39 is 0 Å².